The zero-order valence-electron chi connectivity index (χ0n) is 11.7. The van der Waals surface area contributed by atoms with Gasteiger partial charge < -0.3 is 4.74 Å². The minimum atomic E-state index is -2.94. The van der Waals surface area contributed by atoms with Crippen molar-refractivity contribution < 1.29 is 13.2 Å². The third-order valence-electron chi connectivity index (χ3n) is 3.16. The van der Waals surface area contributed by atoms with Crippen LogP contribution >= 0.6 is 15.9 Å². The van der Waals surface area contributed by atoms with Crippen LogP contribution in [0.25, 0.3) is 0 Å². The highest BCUT2D eigenvalue weighted by Gasteiger charge is 2.16. The molecule has 1 aromatic rings. The van der Waals surface area contributed by atoms with Gasteiger partial charge in [0, 0.05) is 21.8 Å². The topological polar surface area (TPSA) is 81.4 Å². The van der Waals surface area contributed by atoms with E-state index >= 15 is 0 Å². The molecule has 1 aromatic carbocycles. The van der Waals surface area contributed by atoms with Gasteiger partial charge in [0.05, 0.1) is 12.9 Å². The largest absolute Gasteiger partial charge is 0.496 e. The average molecular weight is 365 g/mol. The summed E-state index contributed by atoms with van der Waals surface area (Å²) >= 11 is 3.39. The van der Waals surface area contributed by atoms with Gasteiger partial charge in [0.25, 0.3) is 0 Å². The molecule has 0 saturated carbocycles. The number of benzene rings is 1. The summed E-state index contributed by atoms with van der Waals surface area (Å²) in [6, 6.07) is 5.56. The van der Waals surface area contributed by atoms with Gasteiger partial charge in [-0.15, -0.1) is 0 Å². The molecule has 0 saturated heterocycles. The van der Waals surface area contributed by atoms with Crippen LogP contribution in [0.15, 0.2) is 22.7 Å². The van der Waals surface area contributed by atoms with Gasteiger partial charge in [-0.3, -0.25) is 11.3 Å². The minimum absolute atomic E-state index is 0.134. The first-order valence-electron chi connectivity index (χ1n) is 6.43. The van der Waals surface area contributed by atoms with Crippen molar-refractivity contribution in [2.75, 3.05) is 18.6 Å². The fourth-order valence-corrected chi connectivity index (χ4v) is 3.19. The second-order valence-electron chi connectivity index (χ2n) is 4.48. The Morgan fingerprint density at radius 1 is 1.45 bits per heavy atom. The fourth-order valence-electron chi connectivity index (χ4n) is 1.95. The molecule has 114 valence electrons. The summed E-state index contributed by atoms with van der Waals surface area (Å²) in [6.07, 6.45) is 1.19. The van der Waals surface area contributed by atoms with Crippen molar-refractivity contribution in [3.8, 4) is 5.75 Å². The van der Waals surface area contributed by atoms with E-state index in [1.54, 1.807) is 14.0 Å². The van der Waals surface area contributed by atoms with Gasteiger partial charge >= 0.3 is 0 Å². The first-order valence-corrected chi connectivity index (χ1v) is 9.05. The van der Waals surface area contributed by atoms with Crippen LogP contribution in [-0.4, -0.2) is 27.0 Å². The highest BCUT2D eigenvalue weighted by molar-refractivity contribution is 9.10. The maximum absolute atomic E-state index is 11.5. The van der Waals surface area contributed by atoms with Gasteiger partial charge in [-0.2, -0.15) is 0 Å². The Hall–Kier alpha value is -0.630. The van der Waals surface area contributed by atoms with E-state index in [0.717, 1.165) is 15.8 Å². The van der Waals surface area contributed by atoms with Crippen LogP contribution in [0.2, 0.25) is 0 Å². The molecule has 1 rings (SSSR count). The second kappa shape index (κ2) is 7.97. The quantitative estimate of drug-likeness (QED) is 0.545. The van der Waals surface area contributed by atoms with Crippen molar-refractivity contribution in [3.63, 3.8) is 0 Å². The molecular formula is C13H21BrN2O3S. The fraction of sp³-hybridized carbons (Fsp3) is 0.538. The smallest absolute Gasteiger partial charge is 0.150 e. The predicted molar refractivity (Wildman–Crippen MR) is 84.3 cm³/mol. The SMILES string of the molecule is CCS(=O)(=O)CCCC(NN)c1ccc(Br)cc1OC. The molecule has 20 heavy (non-hydrogen) atoms. The number of hydrogen-bond donors (Lipinski definition) is 2. The molecule has 7 heteroatoms. The summed E-state index contributed by atoms with van der Waals surface area (Å²) < 4.78 is 29.2. The van der Waals surface area contributed by atoms with Crippen molar-refractivity contribution >= 4 is 25.8 Å². The zero-order chi connectivity index (χ0) is 15.2. The molecule has 0 fully saturated rings. The number of nitrogens with two attached hydrogens (primary N) is 1. The van der Waals surface area contributed by atoms with E-state index in [9.17, 15) is 8.42 Å². The molecule has 5 nitrogen and oxygen atoms in total. The van der Waals surface area contributed by atoms with Crippen LogP contribution in [0.5, 0.6) is 5.75 Å². The number of ether oxygens (including phenoxy) is 1. The molecule has 0 aliphatic heterocycles. The van der Waals surface area contributed by atoms with E-state index in [-0.39, 0.29) is 17.5 Å². The molecule has 1 unspecified atom stereocenters. The summed E-state index contributed by atoms with van der Waals surface area (Å²) in [6.45, 7) is 1.66. The second-order valence-corrected chi connectivity index (χ2v) is 7.87. The molecule has 0 aromatic heterocycles. The molecular weight excluding hydrogens is 344 g/mol. The van der Waals surface area contributed by atoms with Gasteiger partial charge in [-0.25, -0.2) is 8.42 Å². The van der Waals surface area contributed by atoms with Crippen LogP contribution in [-0.2, 0) is 9.84 Å². The molecule has 0 heterocycles. The van der Waals surface area contributed by atoms with Crippen LogP contribution < -0.4 is 16.0 Å². The normalized spacial score (nSPS) is 13.2. The highest BCUT2D eigenvalue weighted by Crippen LogP contribution is 2.30. The van der Waals surface area contributed by atoms with Crippen molar-refractivity contribution in [1.29, 1.82) is 0 Å². The molecule has 0 spiro atoms. The number of hydrogen-bond acceptors (Lipinski definition) is 5. The maximum atomic E-state index is 11.5. The first-order chi connectivity index (χ1) is 9.43. The van der Waals surface area contributed by atoms with E-state index in [1.165, 1.54) is 0 Å². The Labute approximate surface area is 128 Å². The third kappa shape index (κ3) is 5.05. The number of rotatable bonds is 8. The van der Waals surface area contributed by atoms with Crippen LogP contribution in [0.3, 0.4) is 0 Å². The number of sulfone groups is 1. The Bertz CT molecular complexity index is 534. The Balaban J connectivity index is 2.76. The van der Waals surface area contributed by atoms with Crippen LogP contribution in [0.1, 0.15) is 31.4 Å². The lowest BCUT2D eigenvalue weighted by molar-refractivity contribution is 0.395. The third-order valence-corrected chi connectivity index (χ3v) is 5.44. The van der Waals surface area contributed by atoms with Crippen LogP contribution in [0.4, 0.5) is 0 Å². The van der Waals surface area contributed by atoms with Gasteiger partial charge in [-0.1, -0.05) is 28.9 Å². The highest BCUT2D eigenvalue weighted by atomic mass is 79.9. The van der Waals surface area contributed by atoms with E-state index in [2.05, 4.69) is 21.4 Å². The van der Waals surface area contributed by atoms with Crippen molar-refractivity contribution in [2.24, 2.45) is 5.84 Å². The van der Waals surface area contributed by atoms with Crippen molar-refractivity contribution in [2.45, 2.75) is 25.8 Å². The molecule has 0 bridgehead atoms. The van der Waals surface area contributed by atoms with E-state index in [0.29, 0.717) is 12.8 Å². The molecule has 0 amide bonds. The summed E-state index contributed by atoms with van der Waals surface area (Å²) in [4.78, 5) is 0. The molecule has 3 N–H and O–H groups in total. The van der Waals surface area contributed by atoms with Crippen molar-refractivity contribution in [1.82, 2.24) is 5.43 Å². The summed E-state index contributed by atoms with van der Waals surface area (Å²) in [5.41, 5.74) is 3.65. The minimum Gasteiger partial charge on any atom is -0.496 e. The maximum Gasteiger partial charge on any atom is 0.150 e. The van der Waals surface area contributed by atoms with Crippen molar-refractivity contribution in [3.05, 3.63) is 28.2 Å². The van der Waals surface area contributed by atoms with E-state index in [1.807, 2.05) is 18.2 Å². The lowest BCUT2D eigenvalue weighted by Crippen LogP contribution is -2.28. The van der Waals surface area contributed by atoms with Gasteiger partial charge in [0.1, 0.15) is 15.6 Å². The number of methoxy groups -OCH3 is 1. The Kier molecular flexibility index (Phi) is 6.94. The zero-order valence-corrected chi connectivity index (χ0v) is 14.1. The number of hydrazine groups is 1. The molecule has 0 aliphatic rings. The summed E-state index contributed by atoms with van der Waals surface area (Å²) in [5, 5.41) is 0. The standard InChI is InChI=1S/C13H21BrN2O3S/c1-3-20(17,18)8-4-5-12(16-15)11-7-6-10(14)9-13(11)19-2/h6-7,9,12,16H,3-5,8,15H2,1-2H3. The predicted octanol–water partition coefficient (Wildman–Crippen LogP) is 2.18. The van der Waals surface area contributed by atoms with Gasteiger partial charge in [0.2, 0.25) is 0 Å². The summed E-state index contributed by atoms with van der Waals surface area (Å²) in [5.74, 6) is 6.66. The van der Waals surface area contributed by atoms with Gasteiger partial charge in [-0.05, 0) is 25.0 Å². The monoisotopic (exact) mass is 364 g/mol. The van der Waals surface area contributed by atoms with Crippen LogP contribution in [0, 0.1) is 0 Å². The average Bonchev–Trinajstić information content (AvgIpc) is 2.44. The molecule has 0 radical (unpaired) electrons. The Morgan fingerprint density at radius 2 is 2.15 bits per heavy atom. The van der Waals surface area contributed by atoms with E-state index < -0.39 is 9.84 Å². The molecule has 0 aliphatic carbocycles. The lowest BCUT2D eigenvalue weighted by atomic mass is 10.0. The number of nitrogens with one attached hydrogen (secondary N) is 1. The Morgan fingerprint density at radius 3 is 2.70 bits per heavy atom. The van der Waals surface area contributed by atoms with Gasteiger partial charge in [0.15, 0.2) is 0 Å². The lowest BCUT2D eigenvalue weighted by Gasteiger charge is -2.19. The van der Waals surface area contributed by atoms with E-state index in [4.69, 9.17) is 10.6 Å². The summed E-state index contributed by atoms with van der Waals surface area (Å²) in [7, 11) is -1.34. The first kappa shape index (κ1) is 17.4. The number of halogens is 1. The molecule has 1 atom stereocenters.